The van der Waals surface area contributed by atoms with Gasteiger partial charge in [-0.25, -0.2) is 9.18 Å². The molecule has 36 heavy (non-hydrogen) atoms. The summed E-state index contributed by atoms with van der Waals surface area (Å²) in [5.74, 6) is -2.77. The number of ether oxygens (including phenoxy) is 3. The largest absolute Gasteiger partial charge is 0.462 e. The van der Waals surface area contributed by atoms with Crippen molar-refractivity contribution in [3.05, 3.63) is 29.8 Å². The van der Waals surface area contributed by atoms with Crippen LogP contribution in [0.25, 0.3) is 0 Å². The minimum absolute atomic E-state index is 0.0115. The van der Waals surface area contributed by atoms with Crippen LogP contribution in [0, 0.1) is 11.3 Å². The van der Waals surface area contributed by atoms with Crippen molar-refractivity contribution in [1.29, 1.82) is 0 Å². The first kappa shape index (κ1) is 30.2. The first-order valence-electron chi connectivity index (χ1n) is 12.3. The molecule has 1 saturated heterocycles. The molecule has 1 heterocycles. The summed E-state index contributed by atoms with van der Waals surface area (Å²) < 4.78 is 54.6. The maximum absolute atomic E-state index is 16.4. The van der Waals surface area contributed by atoms with E-state index in [-0.39, 0.29) is 35.5 Å². The number of rotatable bonds is 8. The Balaban J connectivity index is 2.40. The number of alkyl halides is 2. The van der Waals surface area contributed by atoms with Crippen LogP contribution < -0.4 is 10.1 Å². The number of nitrogens with one attached hydrogen (secondary N) is 1. The summed E-state index contributed by atoms with van der Waals surface area (Å²) in [6, 6.07) is 1.92. The maximum atomic E-state index is 16.4. The SMILES string of the molecule is CCOC(=O)c1ccccc1OC1(F)OCC(NC(=O)C(C)(C)C)C(F)C1CO[Si](C)(C)C(C)(C)C. The predicted molar refractivity (Wildman–Crippen MR) is 136 cm³/mol. The van der Waals surface area contributed by atoms with Gasteiger partial charge in [0.1, 0.15) is 23.4 Å². The molecule has 1 aliphatic rings. The molecule has 0 aromatic heterocycles. The average molecular weight is 530 g/mol. The minimum atomic E-state index is -2.95. The van der Waals surface area contributed by atoms with E-state index < -0.39 is 50.5 Å². The summed E-state index contributed by atoms with van der Waals surface area (Å²) in [5.41, 5.74) is -0.783. The molecule has 0 radical (unpaired) electrons. The normalized spacial score (nSPS) is 25.2. The maximum Gasteiger partial charge on any atom is 0.371 e. The average Bonchev–Trinajstić information content (AvgIpc) is 2.74. The molecule has 1 aromatic carbocycles. The Labute approximate surface area is 214 Å². The Bertz CT molecular complexity index is 930. The summed E-state index contributed by atoms with van der Waals surface area (Å²) in [4.78, 5) is 24.9. The minimum Gasteiger partial charge on any atom is -0.462 e. The quantitative estimate of drug-likeness (QED) is 0.359. The summed E-state index contributed by atoms with van der Waals surface area (Å²) in [6.45, 7) is 16.1. The molecule has 0 spiro atoms. The number of hydrogen-bond acceptors (Lipinski definition) is 6. The number of esters is 1. The highest BCUT2D eigenvalue weighted by atomic mass is 28.4. The Morgan fingerprint density at radius 1 is 1.17 bits per heavy atom. The molecule has 204 valence electrons. The molecule has 2 rings (SSSR count). The number of para-hydroxylation sites is 1. The highest BCUT2D eigenvalue weighted by Crippen LogP contribution is 2.42. The third-order valence-corrected chi connectivity index (χ3v) is 11.2. The van der Waals surface area contributed by atoms with Crippen LogP contribution >= 0.6 is 0 Å². The Morgan fingerprint density at radius 2 is 1.78 bits per heavy atom. The van der Waals surface area contributed by atoms with Gasteiger partial charge in [0.25, 0.3) is 0 Å². The van der Waals surface area contributed by atoms with Crippen molar-refractivity contribution in [1.82, 2.24) is 5.32 Å². The van der Waals surface area contributed by atoms with Crippen LogP contribution in [0.15, 0.2) is 24.3 Å². The molecule has 1 amide bonds. The fourth-order valence-electron chi connectivity index (χ4n) is 3.27. The zero-order chi connectivity index (χ0) is 27.5. The van der Waals surface area contributed by atoms with Gasteiger partial charge in [0.05, 0.1) is 19.3 Å². The van der Waals surface area contributed by atoms with Crippen LogP contribution in [0.2, 0.25) is 18.1 Å². The van der Waals surface area contributed by atoms with E-state index >= 15 is 8.78 Å². The molecule has 1 aromatic rings. The topological polar surface area (TPSA) is 83.1 Å². The van der Waals surface area contributed by atoms with E-state index in [1.165, 1.54) is 12.1 Å². The van der Waals surface area contributed by atoms with Crippen LogP contribution in [-0.4, -0.2) is 58.3 Å². The van der Waals surface area contributed by atoms with Gasteiger partial charge in [-0.15, -0.1) is 0 Å². The van der Waals surface area contributed by atoms with E-state index in [0.29, 0.717) is 0 Å². The molecule has 4 unspecified atom stereocenters. The smallest absolute Gasteiger partial charge is 0.371 e. The van der Waals surface area contributed by atoms with Gasteiger partial charge in [-0.1, -0.05) is 53.7 Å². The standard InChI is InChI=1S/C26H41F2NO6Si/c1-10-32-22(30)17-13-11-12-14-20(17)35-26(28)18(15-34-36(8,9)25(5,6)7)21(27)19(16-33-26)29-23(31)24(2,3)4/h11-14,18-19,21H,10,15-16H2,1-9H3,(H,29,31). The molecular formula is C26H41F2NO6Si. The van der Waals surface area contributed by atoms with Crippen molar-refractivity contribution in [3.8, 4) is 5.75 Å². The number of carbonyl (C=O) groups excluding carboxylic acids is 2. The Morgan fingerprint density at radius 3 is 2.33 bits per heavy atom. The van der Waals surface area contributed by atoms with Crippen molar-refractivity contribution in [3.63, 3.8) is 0 Å². The second-order valence-corrected chi connectivity index (χ2v) is 16.5. The van der Waals surface area contributed by atoms with Gasteiger partial charge in [-0.3, -0.25) is 4.79 Å². The summed E-state index contributed by atoms with van der Waals surface area (Å²) in [7, 11) is -2.40. The Hall–Kier alpha value is -2.04. The van der Waals surface area contributed by atoms with E-state index in [1.54, 1.807) is 39.8 Å². The van der Waals surface area contributed by atoms with Gasteiger partial charge < -0.3 is 24.0 Å². The summed E-state index contributed by atoms with van der Waals surface area (Å²) in [6.07, 6.45) is -1.88. The van der Waals surface area contributed by atoms with Gasteiger partial charge in [0.15, 0.2) is 8.32 Å². The van der Waals surface area contributed by atoms with Crippen LogP contribution in [0.1, 0.15) is 58.8 Å². The summed E-state index contributed by atoms with van der Waals surface area (Å²) in [5, 5.41) is 2.43. The summed E-state index contributed by atoms with van der Waals surface area (Å²) >= 11 is 0. The number of benzene rings is 1. The van der Waals surface area contributed by atoms with Crippen LogP contribution in [0.5, 0.6) is 5.75 Å². The zero-order valence-electron chi connectivity index (χ0n) is 22.9. The van der Waals surface area contributed by atoms with Crippen molar-refractivity contribution >= 4 is 20.2 Å². The molecule has 7 nitrogen and oxygen atoms in total. The van der Waals surface area contributed by atoms with Gasteiger partial charge >= 0.3 is 12.0 Å². The van der Waals surface area contributed by atoms with Crippen molar-refractivity contribution in [2.45, 2.75) is 84.9 Å². The van der Waals surface area contributed by atoms with Crippen LogP contribution in [-0.2, 0) is 18.7 Å². The third kappa shape index (κ3) is 7.04. The highest BCUT2D eigenvalue weighted by Gasteiger charge is 2.56. The van der Waals surface area contributed by atoms with Gasteiger partial charge in [-0.2, -0.15) is 4.39 Å². The lowest BCUT2D eigenvalue weighted by atomic mass is 9.91. The molecule has 0 aliphatic carbocycles. The lowest BCUT2D eigenvalue weighted by molar-refractivity contribution is -0.338. The van der Waals surface area contributed by atoms with E-state index in [2.05, 4.69) is 5.32 Å². The third-order valence-electron chi connectivity index (χ3n) is 6.73. The fourth-order valence-corrected chi connectivity index (χ4v) is 4.30. The molecule has 10 heteroatoms. The van der Waals surface area contributed by atoms with E-state index in [0.717, 1.165) is 0 Å². The van der Waals surface area contributed by atoms with E-state index in [1.807, 2.05) is 33.9 Å². The van der Waals surface area contributed by atoms with E-state index in [4.69, 9.17) is 18.6 Å². The van der Waals surface area contributed by atoms with Gasteiger partial charge in [0.2, 0.25) is 5.91 Å². The number of hydrogen-bond donors (Lipinski definition) is 1. The zero-order valence-corrected chi connectivity index (χ0v) is 23.9. The van der Waals surface area contributed by atoms with Gasteiger partial charge in [-0.05, 0) is 37.2 Å². The molecule has 1 N–H and O–H groups in total. The van der Waals surface area contributed by atoms with Crippen LogP contribution in [0.4, 0.5) is 8.78 Å². The molecular weight excluding hydrogens is 488 g/mol. The molecule has 0 bridgehead atoms. The second-order valence-electron chi connectivity index (χ2n) is 11.7. The van der Waals surface area contributed by atoms with Crippen molar-refractivity contribution in [2.24, 2.45) is 11.3 Å². The first-order valence-corrected chi connectivity index (χ1v) is 15.2. The van der Waals surface area contributed by atoms with Crippen molar-refractivity contribution < 1.29 is 37.0 Å². The van der Waals surface area contributed by atoms with E-state index in [9.17, 15) is 9.59 Å². The second kappa shape index (κ2) is 11.1. The number of carbonyl (C=O) groups is 2. The van der Waals surface area contributed by atoms with Gasteiger partial charge in [0, 0.05) is 12.0 Å². The fraction of sp³-hybridized carbons (Fsp3) is 0.692. The lowest BCUT2D eigenvalue weighted by Crippen LogP contribution is -2.63. The van der Waals surface area contributed by atoms with Crippen LogP contribution in [0.3, 0.4) is 0 Å². The Kier molecular flexibility index (Phi) is 9.34. The lowest BCUT2D eigenvalue weighted by Gasteiger charge is -2.45. The molecule has 1 fully saturated rings. The molecule has 4 atom stereocenters. The first-order chi connectivity index (χ1) is 16.4. The molecule has 0 saturated carbocycles. The number of halogens is 2. The van der Waals surface area contributed by atoms with Crippen molar-refractivity contribution in [2.75, 3.05) is 19.8 Å². The monoisotopic (exact) mass is 529 g/mol. The highest BCUT2D eigenvalue weighted by molar-refractivity contribution is 6.74. The molecule has 1 aliphatic heterocycles. The predicted octanol–water partition coefficient (Wildman–Crippen LogP) is 5.40. The number of amides is 1.